The summed E-state index contributed by atoms with van der Waals surface area (Å²) in [4.78, 5) is 18.1. The van der Waals surface area contributed by atoms with Crippen LogP contribution in [-0.2, 0) is 0 Å². The van der Waals surface area contributed by atoms with Gasteiger partial charge in [0.1, 0.15) is 0 Å². The fourth-order valence-corrected chi connectivity index (χ4v) is 3.57. The zero-order chi connectivity index (χ0) is 14.1. The molecule has 2 heterocycles. The molecule has 0 bridgehead atoms. The van der Waals surface area contributed by atoms with E-state index in [9.17, 15) is 4.79 Å². The van der Waals surface area contributed by atoms with E-state index >= 15 is 0 Å². The maximum Gasteiger partial charge on any atom is 0.258 e. The van der Waals surface area contributed by atoms with Gasteiger partial charge in [0.15, 0.2) is 0 Å². The van der Waals surface area contributed by atoms with Crippen molar-refractivity contribution in [3.63, 3.8) is 0 Å². The molecule has 0 unspecified atom stereocenters. The summed E-state index contributed by atoms with van der Waals surface area (Å²) in [6, 6.07) is 10.0. The van der Waals surface area contributed by atoms with Crippen LogP contribution < -0.4 is 5.73 Å². The number of carbonyl (C=O) groups is 1. The summed E-state index contributed by atoms with van der Waals surface area (Å²) in [7, 11) is 0. The van der Waals surface area contributed by atoms with Gasteiger partial charge in [0.25, 0.3) is 5.91 Å². The third kappa shape index (κ3) is 2.37. The Morgan fingerprint density at radius 2 is 2.05 bits per heavy atom. The Bertz CT molecular complexity index is 760. The number of aromatic nitrogens is 1. The largest absolute Gasteiger partial charge is 0.365 e. The van der Waals surface area contributed by atoms with Crippen LogP contribution in [-0.4, -0.2) is 10.9 Å². The Morgan fingerprint density at radius 1 is 1.20 bits per heavy atom. The zero-order valence-corrected chi connectivity index (χ0v) is 12.4. The van der Waals surface area contributed by atoms with Crippen molar-refractivity contribution in [1.29, 1.82) is 0 Å². The minimum atomic E-state index is -0.377. The van der Waals surface area contributed by atoms with Gasteiger partial charge < -0.3 is 5.73 Å². The van der Waals surface area contributed by atoms with E-state index in [4.69, 9.17) is 5.73 Å². The summed E-state index contributed by atoms with van der Waals surface area (Å²) in [5.41, 5.74) is 10.6. The van der Waals surface area contributed by atoms with Gasteiger partial charge in [0, 0.05) is 11.1 Å². The van der Waals surface area contributed by atoms with Gasteiger partial charge in [-0.05, 0) is 41.8 Å². The van der Waals surface area contributed by atoms with Gasteiger partial charge in [-0.2, -0.15) is 0 Å². The summed E-state index contributed by atoms with van der Waals surface area (Å²) in [5.74, 6) is -0.377. The summed E-state index contributed by atoms with van der Waals surface area (Å²) in [6.07, 6.45) is 1.86. The first kappa shape index (κ1) is 13.0. The Hall–Kier alpha value is -1.98. The number of hydrogen-bond acceptors (Lipinski definition) is 4. The zero-order valence-electron chi connectivity index (χ0n) is 10.8. The molecule has 100 valence electrons. The number of primary amides is 1. The van der Waals surface area contributed by atoms with Crippen LogP contribution in [0.5, 0.6) is 0 Å². The first-order chi connectivity index (χ1) is 9.65. The van der Waals surface area contributed by atoms with Gasteiger partial charge in [0.2, 0.25) is 0 Å². The van der Waals surface area contributed by atoms with E-state index in [1.54, 1.807) is 17.4 Å². The standard InChI is InChI=1S/C15H12N2OS2/c1-9-2-3-10(14-7-17-8-19-14)6-11(9)12-4-5-13(20-12)15(16)18/h2-8H,1H3,(H2,16,18). The lowest BCUT2D eigenvalue weighted by molar-refractivity contribution is 0.100. The third-order valence-corrected chi connectivity index (χ3v) is 5.02. The second kappa shape index (κ2) is 5.19. The SMILES string of the molecule is Cc1ccc(-c2cncs2)cc1-c1ccc(C(N)=O)s1. The summed E-state index contributed by atoms with van der Waals surface area (Å²) >= 11 is 3.04. The van der Waals surface area contributed by atoms with E-state index in [0.717, 1.165) is 20.9 Å². The molecule has 20 heavy (non-hydrogen) atoms. The van der Waals surface area contributed by atoms with Crippen LogP contribution in [0.4, 0.5) is 0 Å². The molecule has 3 nitrogen and oxygen atoms in total. The Morgan fingerprint density at radius 3 is 2.70 bits per heavy atom. The van der Waals surface area contributed by atoms with Crippen molar-refractivity contribution in [2.45, 2.75) is 6.92 Å². The highest BCUT2D eigenvalue weighted by atomic mass is 32.1. The monoisotopic (exact) mass is 300 g/mol. The molecule has 0 saturated heterocycles. The van der Waals surface area contributed by atoms with Crippen molar-refractivity contribution < 1.29 is 4.79 Å². The van der Waals surface area contributed by atoms with Crippen LogP contribution in [0.25, 0.3) is 20.9 Å². The third-order valence-electron chi connectivity index (χ3n) is 3.07. The molecule has 1 aromatic carbocycles. The van der Waals surface area contributed by atoms with Gasteiger partial charge in [-0.1, -0.05) is 12.1 Å². The molecule has 5 heteroatoms. The van der Waals surface area contributed by atoms with Crippen LogP contribution in [0.3, 0.4) is 0 Å². The van der Waals surface area contributed by atoms with Crippen LogP contribution in [0.1, 0.15) is 15.2 Å². The van der Waals surface area contributed by atoms with Crippen LogP contribution in [0.15, 0.2) is 42.0 Å². The normalized spacial score (nSPS) is 10.7. The second-order valence-electron chi connectivity index (χ2n) is 4.42. The molecule has 0 fully saturated rings. The predicted octanol–water partition coefficient (Wildman–Crippen LogP) is 3.95. The van der Waals surface area contributed by atoms with Gasteiger partial charge in [0.05, 0.1) is 15.3 Å². The molecule has 2 N–H and O–H groups in total. The maximum atomic E-state index is 11.2. The highest BCUT2D eigenvalue weighted by Gasteiger charge is 2.10. The van der Waals surface area contributed by atoms with E-state index in [-0.39, 0.29) is 5.91 Å². The van der Waals surface area contributed by atoms with Gasteiger partial charge in [-0.15, -0.1) is 22.7 Å². The average Bonchev–Trinajstić information content (AvgIpc) is 3.10. The number of nitrogens with two attached hydrogens (primary N) is 1. The Balaban J connectivity index is 2.08. The summed E-state index contributed by atoms with van der Waals surface area (Å²) in [5, 5.41) is 0. The minimum absolute atomic E-state index is 0.377. The van der Waals surface area contributed by atoms with E-state index in [0.29, 0.717) is 4.88 Å². The van der Waals surface area contributed by atoms with Crippen molar-refractivity contribution in [2.24, 2.45) is 5.73 Å². The van der Waals surface area contributed by atoms with E-state index in [1.165, 1.54) is 16.9 Å². The van der Waals surface area contributed by atoms with Gasteiger partial charge in [-0.25, -0.2) is 0 Å². The molecule has 0 aliphatic rings. The fraction of sp³-hybridized carbons (Fsp3) is 0.0667. The molecule has 0 aliphatic carbocycles. The molecule has 2 aromatic heterocycles. The predicted molar refractivity (Wildman–Crippen MR) is 84.1 cm³/mol. The highest BCUT2D eigenvalue weighted by Crippen LogP contribution is 2.34. The molecular weight excluding hydrogens is 288 g/mol. The number of rotatable bonds is 3. The number of aryl methyl sites for hydroxylation is 1. The van der Waals surface area contributed by atoms with Gasteiger partial charge in [-0.3, -0.25) is 9.78 Å². The molecule has 0 saturated carbocycles. The number of thiophene rings is 1. The lowest BCUT2D eigenvalue weighted by Gasteiger charge is -2.06. The average molecular weight is 300 g/mol. The van der Waals surface area contributed by atoms with Crippen molar-refractivity contribution in [3.8, 4) is 20.9 Å². The first-order valence-electron chi connectivity index (χ1n) is 6.04. The van der Waals surface area contributed by atoms with E-state index < -0.39 is 0 Å². The molecule has 0 radical (unpaired) electrons. The first-order valence-corrected chi connectivity index (χ1v) is 7.74. The summed E-state index contributed by atoms with van der Waals surface area (Å²) < 4.78 is 0. The van der Waals surface area contributed by atoms with Crippen molar-refractivity contribution in [2.75, 3.05) is 0 Å². The molecule has 1 amide bonds. The number of benzene rings is 1. The number of thiazole rings is 1. The van der Waals surface area contributed by atoms with Crippen LogP contribution in [0.2, 0.25) is 0 Å². The highest BCUT2D eigenvalue weighted by molar-refractivity contribution is 7.17. The number of amides is 1. The number of nitrogens with zero attached hydrogens (tertiary/aromatic N) is 1. The second-order valence-corrected chi connectivity index (χ2v) is 6.39. The van der Waals surface area contributed by atoms with Crippen molar-refractivity contribution in [1.82, 2.24) is 4.98 Å². The minimum Gasteiger partial charge on any atom is -0.365 e. The molecule has 0 spiro atoms. The molecule has 3 rings (SSSR count). The fourth-order valence-electron chi connectivity index (χ4n) is 2.01. The number of carbonyl (C=O) groups excluding carboxylic acids is 1. The van der Waals surface area contributed by atoms with Crippen LogP contribution >= 0.6 is 22.7 Å². The summed E-state index contributed by atoms with van der Waals surface area (Å²) in [6.45, 7) is 2.06. The smallest absolute Gasteiger partial charge is 0.258 e. The molecule has 3 aromatic rings. The molecule has 0 aliphatic heterocycles. The molecular formula is C15H12N2OS2. The van der Waals surface area contributed by atoms with E-state index in [1.807, 2.05) is 17.8 Å². The Kier molecular flexibility index (Phi) is 3.38. The lowest BCUT2D eigenvalue weighted by atomic mass is 10.0. The quantitative estimate of drug-likeness (QED) is 0.796. The Labute approximate surface area is 124 Å². The topological polar surface area (TPSA) is 56.0 Å². The lowest BCUT2D eigenvalue weighted by Crippen LogP contribution is -2.07. The van der Waals surface area contributed by atoms with Gasteiger partial charge >= 0.3 is 0 Å². The van der Waals surface area contributed by atoms with E-state index in [2.05, 4.69) is 30.1 Å². The number of hydrogen-bond donors (Lipinski definition) is 1. The maximum absolute atomic E-state index is 11.2. The van der Waals surface area contributed by atoms with Crippen molar-refractivity contribution in [3.05, 3.63) is 52.5 Å². The van der Waals surface area contributed by atoms with Crippen LogP contribution in [0, 0.1) is 6.92 Å². The van der Waals surface area contributed by atoms with Crippen molar-refractivity contribution >= 4 is 28.6 Å². The molecule has 0 atom stereocenters.